The number of ketones is 1. The summed E-state index contributed by atoms with van der Waals surface area (Å²) in [6.45, 7) is 3.12. The van der Waals surface area contributed by atoms with E-state index in [1.54, 1.807) is 37.4 Å². The van der Waals surface area contributed by atoms with Crippen LogP contribution in [0.3, 0.4) is 0 Å². The molecule has 0 radical (unpaired) electrons. The predicted octanol–water partition coefficient (Wildman–Crippen LogP) is 4.85. The fraction of sp³-hybridized carbons (Fsp3) is 0.303. The number of amides is 1. The first-order chi connectivity index (χ1) is 20.5. The number of nitrogens with two attached hydrogens (primary N) is 1. The van der Waals surface area contributed by atoms with Crippen molar-refractivity contribution >= 4 is 22.6 Å². The average molecular weight is 581 g/mol. The first kappa shape index (κ1) is 28.2. The van der Waals surface area contributed by atoms with Crippen molar-refractivity contribution in [1.29, 1.82) is 5.26 Å². The lowest BCUT2D eigenvalue weighted by atomic mass is 9.81. The highest BCUT2D eigenvalue weighted by Gasteiger charge is 2.45. The minimum atomic E-state index is -1.62. The van der Waals surface area contributed by atoms with E-state index in [1.165, 1.54) is 19.1 Å². The smallest absolute Gasteiger partial charge is 0.231 e. The number of halogens is 1. The number of hydrogen-bond acceptors (Lipinski definition) is 8. The highest BCUT2D eigenvalue weighted by atomic mass is 19.1. The summed E-state index contributed by atoms with van der Waals surface area (Å²) < 4.78 is 26.0. The molecule has 6 rings (SSSR count). The Hall–Kier alpha value is -4.88. The van der Waals surface area contributed by atoms with Gasteiger partial charge in [-0.2, -0.15) is 5.26 Å². The molecule has 4 aromatic rings. The summed E-state index contributed by atoms with van der Waals surface area (Å²) >= 11 is 0. The van der Waals surface area contributed by atoms with E-state index in [4.69, 9.17) is 15.2 Å². The summed E-state index contributed by atoms with van der Waals surface area (Å²) in [4.78, 5) is 35.0. The van der Waals surface area contributed by atoms with Gasteiger partial charge in [-0.1, -0.05) is 6.07 Å². The second-order valence-corrected chi connectivity index (χ2v) is 11.6. The van der Waals surface area contributed by atoms with Crippen molar-refractivity contribution in [3.63, 3.8) is 0 Å². The lowest BCUT2D eigenvalue weighted by Crippen LogP contribution is -2.40. The molecule has 2 aromatic carbocycles. The van der Waals surface area contributed by atoms with E-state index >= 15 is 0 Å². The van der Waals surface area contributed by atoms with Crippen molar-refractivity contribution < 1.29 is 28.6 Å². The Bertz CT molecular complexity index is 1850. The maximum Gasteiger partial charge on any atom is 0.231 e. The minimum absolute atomic E-state index is 0.00194. The van der Waals surface area contributed by atoms with Gasteiger partial charge in [0.2, 0.25) is 5.91 Å². The molecule has 1 saturated carbocycles. The fourth-order valence-electron chi connectivity index (χ4n) is 5.22. The number of fused-ring (bicyclic) bond motifs is 2. The molecule has 2 aromatic heterocycles. The molecule has 0 saturated heterocycles. The Morgan fingerprint density at radius 1 is 1.26 bits per heavy atom. The zero-order valence-electron chi connectivity index (χ0n) is 23.7. The lowest BCUT2D eigenvalue weighted by Gasteiger charge is -2.26. The normalized spacial score (nSPS) is 18.8. The van der Waals surface area contributed by atoms with Gasteiger partial charge in [0.15, 0.2) is 5.78 Å². The number of nitriles is 1. The third-order valence-electron chi connectivity index (χ3n) is 8.18. The maximum atomic E-state index is 14.1. The molecule has 218 valence electrons. The summed E-state index contributed by atoms with van der Waals surface area (Å²) in [5.74, 6) is -0.697. The van der Waals surface area contributed by atoms with Crippen LogP contribution in [0.1, 0.15) is 66.7 Å². The number of ether oxygens (including phenoxy) is 2. The molecule has 1 aliphatic heterocycles. The van der Waals surface area contributed by atoms with E-state index in [-0.39, 0.29) is 54.0 Å². The van der Waals surface area contributed by atoms with Gasteiger partial charge in [0.05, 0.1) is 17.4 Å². The van der Waals surface area contributed by atoms with Crippen molar-refractivity contribution in [3.05, 3.63) is 82.9 Å². The molecular formula is C33H29FN4O5. The van der Waals surface area contributed by atoms with Crippen LogP contribution in [0.4, 0.5) is 4.39 Å². The molecule has 2 atom stereocenters. The van der Waals surface area contributed by atoms with Crippen LogP contribution in [0.5, 0.6) is 11.5 Å². The monoisotopic (exact) mass is 580 g/mol. The molecule has 43 heavy (non-hydrogen) atoms. The molecule has 3 N–H and O–H groups in total. The third kappa shape index (κ3) is 5.17. The number of Topliss-reactive ketones (excluding diaryl/α,β-unsaturated/α-hetero) is 1. The van der Waals surface area contributed by atoms with Gasteiger partial charge >= 0.3 is 0 Å². The third-order valence-corrected chi connectivity index (χ3v) is 8.18. The summed E-state index contributed by atoms with van der Waals surface area (Å²) in [5.41, 5.74) is 5.04. The van der Waals surface area contributed by atoms with E-state index in [2.05, 4.69) is 9.97 Å². The summed E-state index contributed by atoms with van der Waals surface area (Å²) in [6, 6.07) is 14.4. The lowest BCUT2D eigenvalue weighted by molar-refractivity contribution is -0.123. The molecule has 1 fully saturated rings. The minimum Gasteiger partial charge on any atom is -0.489 e. The van der Waals surface area contributed by atoms with Crippen molar-refractivity contribution in [2.45, 2.75) is 56.7 Å². The molecule has 10 heteroatoms. The molecule has 2 aliphatic rings. The number of pyridine rings is 2. The first-order valence-corrected chi connectivity index (χ1v) is 14.0. The van der Waals surface area contributed by atoms with Crippen LogP contribution in [-0.4, -0.2) is 39.5 Å². The summed E-state index contributed by atoms with van der Waals surface area (Å²) in [7, 11) is 0. The van der Waals surface area contributed by atoms with Crippen LogP contribution in [0.15, 0.2) is 54.7 Å². The van der Waals surface area contributed by atoms with E-state index < -0.39 is 22.7 Å². The quantitative estimate of drug-likeness (QED) is 0.267. The Morgan fingerprint density at radius 2 is 2.05 bits per heavy atom. The number of aromatic nitrogens is 2. The average Bonchev–Trinajstić information content (AvgIpc) is 3.75. The van der Waals surface area contributed by atoms with Gasteiger partial charge in [0, 0.05) is 34.7 Å². The van der Waals surface area contributed by atoms with Gasteiger partial charge in [0.25, 0.3) is 0 Å². The molecule has 3 heterocycles. The summed E-state index contributed by atoms with van der Waals surface area (Å²) in [6.07, 6.45) is 3.70. The molecule has 1 aliphatic carbocycles. The van der Waals surface area contributed by atoms with Crippen LogP contribution >= 0.6 is 0 Å². The van der Waals surface area contributed by atoms with Crippen molar-refractivity contribution in [2.75, 3.05) is 6.61 Å². The van der Waals surface area contributed by atoms with E-state index in [1.807, 2.05) is 12.1 Å². The Morgan fingerprint density at radius 3 is 2.77 bits per heavy atom. The number of carbonyl (C=O) groups is 2. The van der Waals surface area contributed by atoms with Gasteiger partial charge in [0.1, 0.15) is 52.2 Å². The fourth-order valence-corrected chi connectivity index (χ4v) is 5.22. The highest BCUT2D eigenvalue weighted by Crippen LogP contribution is 2.46. The first-order valence-electron chi connectivity index (χ1n) is 14.0. The predicted molar refractivity (Wildman–Crippen MR) is 155 cm³/mol. The van der Waals surface area contributed by atoms with Crippen molar-refractivity contribution in [1.82, 2.24) is 9.97 Å². The van der Waals surface area contributed by atoms with Gasteiger partial charge < -0.3 is 20.3 Å². The second-order valence-electron chi connectivity index (χ2n) is 11.6. The molecule has 9 nitrogen and oxygen atoms in total. The molecular weight excluding hydrogens is 551 g/mol. The largest absolute Gasteiger partial charge is 0.489 e. The second kappa shape index (κ2) is 10.4. The van der Waals surface area contributed by atoms with E-state index in [0.717, 1.165) is 24.3 Å². The van der Waals surface area contributed by atoms with E-state index in [0.29, 0.717) is 28.0 Å². The number of hydrogen-bond donors (Lipinski definition) is 2. The molecule has 0 spiro atoms. The standard InChI is InChI=1S/C33H29FN4O5/c1-32(31(36)40)17-42-30-23(32)15-27(38-29(30)19-5-8-24(34)21(13-19)16-35)33(2,41)10-9-25(39)20-12-18-4-3-11-37-28(18)26(14-20)43-22-6-7-22/h3-5,8,11-15,22,41H,6-7,9-10,17H2,1-2H3,(H2,36,40)/t32-,33-/m0/s1. The van der Waals surface area contributed by atoms with E-state index in [9.17, 15) is 24.3 Å². The molecule has 0 unspecified atom stereocenters. The van der Waals surface area contributed by atoms with Crippen LogP contribution < -0.4 is 15.2 Å². The van der Waals surface area contributed by atoms with Crippen LogP contribution in [0.2, 0.25) is 0 Å². The number of nitrogens with zero attached hydrogens (tertiary/aromatic N) is 3. The zero-order chi connectivity index (χ0) is 30.5. The molecule has 1 amide bonds. The highest BCUT2D eigenvalue weighted by molar-refractivity contribution is 6.01. The van der Waals surface area contributed by atoms with Gasteiger partial charge in [-0.05, 0) is 75.6 Å². The zero-order valence-corrected chi connectivity index (χ0v) is 23.7. The Labute approximate surface area is 247 Å². The number of carbonyl (C=O) groups excluding carboxylic acids is 2. The number of benzene rings is 2. The topological polar surface area (TPSA) is 148 Å². The van der Waals surface area contributed by atoms with Gasteiger partial charge in [-0.15, -0.1) is 0 Å². The Kier molecular flexibility index (Phi) is 6.86. The molecule has 0 bridgehead atoms. The maximum absolute atomic E-state index is 14.1. The Balaban J connectivity index is 1.34. The van der Waals surface area contributed by atoms with Crippen LogP contribution in [-0.2, 0) is 15.8 Å². The summed E-state index contributed by atoms with van der Waals surface area (Å²) in [5, 5.41) is 21.8. The number of aliphatic hydroxyl groups is 1. The van der Waals surface area contributed by atoms with Gasteiger partial charge in [-0.3, -0.25) is 14.6 Å². The number of primary amides is 1. The van der Waals surface area contributed by atoms with Gasteiger partial charge in [-0.25, -0.2) is 9.37 Å². The van der Waals surface area contributed by atoms with Crippen LogP contribution in [0.25, 0.3) is 22.2 Å². The SMILES string of the molecule is C[C@](O)(CCC(=O)c1cc(OC2CC2)c2ncccc2c1)c1cc2c(c(-c3ccc(F)c(C#N)c3)n1)OC[C@]2(C)C(N)=O. The van der Waals surface area contributed by atoms with Crippen molar-refractivity contribution in [2.24, 2.45) is 5.73 Å². The van der Waals surface area contributed by atoms with Crippen LogP contribution in [0, 0.1) is 17.1 Å². The number of rotatable bonds is 9. The van der Waals surface area contributed by atoms with Crippen molar-refractivity contribution in [3.8, 4) is 28.8 Å².